The molecule has 4 rings (SSSR count). The Morgan fingerprint density at radius 3 is 2.63 bits per heavy atom. The van der Waals surface area contributed by atoms with E-state index < -0.39 is 11.7 Å². The van der Waals surface area contributed by atoms with Crippen molar-refractivity contribution in [3.8, 4) is 17.4 Å². The third-order valence-corrected chi connectivity index (χ3v) is 4.43. The van der Waals surface area contributed by atoms with Crippen molar-refractivity contribution < 1.29 is 13.9 Å². The fraction of sp³-hybridized carbons (Fsp3) is 0.158. The molecule has 0 bridgehead atoms. The van der Waals surface area contributed by atoms with Crippen molar-refractivity contribution in [2.45, 2.75) is 20.3 Å². The van der Waals surface area contributed by atoms with E-state index in [1.165, 1.54) is 6.07 Å². The fourth-order valence-electron chi connectivity index (χ4n) is 2.89. The molecule has 0 unspecified atom stereocenters. The summed E-state index contributed by atoms with van der Waals surface area (Å²) in [5, 5.41) is 9.51. The lowest BCUT2D eigenvalue weighted by atomic mass is 10.0. The molecule has 6 nitrogen and oxygen atoms in total. The molecule has 0 aliphatic heterocycles. The zero-order valence-corrected chi connectivity index (χ0v) is 14.6. The minimum absolute atomic E-state index is 0.0806. The standard InChI is InChI=1S/C19H15F2N5O/c1-10-5-12(6-13(20)11(10)2)7-15-18-22-3-4-26(18)9-16(24-15)17-23-8-14(21)19(27)25-17/h3-6,8-9H,7H2,1-2H3,(H,23,25,27). The molecule has 3 heterocycles. The van der Waals surface area contributed by atoms with Crippen LogP contribution in [-0.2, 0) is 6.42 Å². The molecule has 0 saturated heterocycles. The number of aromatic nitrogens is 5. The van der Waals surface area contributed by atoms with Gasteiger partial charge in [-0.2, -0.15) is 9.37 Å². The molecule has 8 heteroatoms. The molecule has 0 saturated carbocycles. The Kier molecular flexibility index (Phi) is 4.02. The van der Waals surface area contributed by atoms with Crippen LogP contribution in [0.4, 0.5) is 8.78 Å². The average molecular weight is 367 g/mol. The molecular weight excluding hydrogens is 352 g/mol. The number of benzene rings is 1. The highest BCUT2D eigenvalue weighted by Crippen LogP contribution is 2.22. The molecular formula is C19H15F2N5O. The SMILES string of the molecule is Cc1cc(Cc2nc(-c3ncc(F)c(O)n3)cn3ccnc23)cc(F)c1C. The maximum atomic E-state index is 14.1. The predicted molar refractivity (Wildman–Crippen MR) is 94.3 cm³/mol. The van der Waals surface area contributed by atoms with Gasteiger partial charge in [-0.05, 0) is 36.6 Å². The van der Waals surface area contributed by atoms with Crippen molar-refractivity contribution in [2.75, 3.05) is 0 Å². The van der Waals surface area contributed by atoms with Crippen LogP contribution in [0, 0.1) is 25.5 Å². The fourth-order valence-corrected chi connectivity index (χ4v) is 2.89. The summed E-state index contributed by atoms with van der Waals surface area (Å²) < 4.78 is 29.1. The van der Waals surface area contributed by atoms with Crippen molar-refractivity contribution in [1.29, 1.82) is 0 Å². The van der Waals surface area contributed by atoms with Gasteiger partial charge in [0, 0.05) is 25.0 Å². The largest absolute Gasteiger partial charge is 0.491 e. The monoisotopic (exact) mass is 367 g/mol. The summed E-state index contributed by atoms with van der Waals surface area (Å²) >= 11 is 0. The lowest BCUT2D eigenvalue weighted by molar-refractivity contribution is 0.409. The maximum absolute atomic E-state index is 14.1. The first kappa shape index (κ1) is 17.0. The molecule has 0 amide bonds. The Bertz CT molecular complexity index is 1150. The van der Waals surface area contributed by atoms with E-state index >= 15 is 0 Å². The summed E-state index contributed by atoms with van der Waals surface area (Å²) in [6.45, 7) is 3.59. The highest BCUT2D eigenvalue weighted by molar-refractivity contribution is 5.56. The third-order valence-electron chi connectivity index (χ3n) is 4.43. The molecule has 1 N–H and O–H groups in total. The normalized spacial score (nSPS) is 11.3. The van der Waals surface area contributed by atoms with Crippen LogP contribution in [0.5, 0.6) is 5.88 Å². The van der Waals surface area contributed by atoms with Crippen molar-refractivity contribution >= 4 is 5.65 Å². The molecule has 4 aromatic rings. The van der Waals surface area contributed by atoms with Gasteiger partial charge in [-0.25, -0.2) is 19.3 Å². The van der Waals surface area contributed by atoms with Gasteiger partial charge in [-0.3, -0.25) is 0 Å². The lowest BCUT2D eigenvalue weighted by Gasteiger charge is -2.09. The minimum Gasteiger partial charge on any atom is -0.491 e. The van der Waals surface area contributed by atoms with E-state index in [1.807, 2.05) is 13.0 Å². The molecule has 0 spiro atoms. The van der Waals surface area contributed by atoms with Gasteiger partial charge in [0.1, 0.15) is 11.5 Å². The average Bonchev–Trinajstić information content (AvgIpc) is 3.11. The van der Waals surface area contributed by atoms with Crippen LogP contribution in [-0.4, -0.2) is 29.4 Å². The Labute approximate surface area is 153 Å². The summed E-state index contributed by atoms with van der Waals surface area (Å²) in [7, 11) is 0. The first-order chi connectivity index (χ1) is 12.9. The van der Waals surface area contributed by atoms with E-state index in [0.29, 0.717) is 29.0 Å². The molecule has 1 aromatic carbocycles. The van der Waals surface area contributed by atoms with Crippen LogP contribution in [0.15, 0.2) is 36.9 Å². The van der Waals surface area contributed by atoms with Gasteiger partial charge >= 0.3 is 0 Å². The minimum atomic E-state index is -0.909. The van der Waals surface area contributed by atoms with E-state index in [9.17, 15) is 13.9 Å². The van der Waals surface area contributed by atoms with Crippen LogP contribution in [0.3, 0.4) is 0 Å². The van der Waals surface area contributed by atoms with Crippen LogP contribution in [0.1, 0.15) is 22.4 Å². The number of fused-ring (bicyclic) bond motifs is 1. The van der Waals surface area contributed by atoms with Crippen molar-refractivity contribution in [3.63, 3.8) is 0 Å². The van der Waals surface area contributed by atoms with Crippen molar-refractivity contribution in [3.05, 3.63) is 70.9 Å². The smallest absolute Gasteiger partial charge is 0.251 e. The first-order valence-electron chi connectivity index (χ1n) is 8.22. The molecule has 0 aliphatic carbocycles. The Morgan fingerprint density at radius 1 is 1.07 bits per heavy atom. The Morgan fingerprint density at radius 2 is 1.89 bits per heavy atom. The number of hydrogen-bond donors (Lipinski definition) is 1. The molecule has 27 heavy (non-hydrogen) atoms. The number of aromatic hydroxyl groups is 1. The zero-order valence-electron chi connectivity index (χ0n) is 14.6. The quantitative estimate of drug-likeness (QED) is 0.601. The van der Waals surface area contributed by atoms with Crippen LogP contribution >= 0.6 is 0 Å². The second-order valence-corrected chi connectivity index (χ2v) is 6.29. The Balaban J connectivity index is 1.82. The van der Waals surface area contributed by atoms with Gasteiger partial charge < -0.3 is 9.51 Å². The topological polar surface area (TPSA) is 76.2 Å². The van der Waals surface area contributed by atoms with Crippen LogP contribution < -0.4 is 0 Å². The summed E-state index contributed by atoms with van der Waals surface area (Å²) in [6, 6.07) is 3.39. The number of halogens is 2. The van der Waals surface area contributed by atoms with Gasteiger partial charge in [0.25, 0.3) is 5.88 Å². The number of aryl methyl sites for hydroxylation is 1. The van der Waals surface area contributed by atoms with E-state index in [4.69, 9.17) is 0 Å². The maximum Gasteiger partial charge on any atom is 0.251 e. The van der Waals surface area contributed by atoms with E-state index in [-0.39, 0.29) is 11.6 Å². The van der Waals surface area contributed by atoms with Gasteiger partial charge in [-0.1, -0.05) is 6.07 Å². The number of rotatable bonds is 3. The van der Waals surface area contributed by atoms with E-state index in [2.05, 4.69) is 19.9 Å². The number of nitrogens with zero attached hydrogens (tertiary/aromatic N) is 5. The van der Waals surface area contributed by atoms with Gasteiger partial charge in [0.15, 0.2) is 11.5 Å². The van der Waals surface area contributed by atoms with E-state index in [0.717, 1.165) is 17.3 Å². The van der Waals surface area contributed by atoms with E-state index in [1.54, 1.807) is 29.9 Å². The van der Waals surface area contributed by atoms with Gasteiger partial charge in [0.2, 0.25) is 5.82 Å². The zero-order chi connectivity index (χ0) is 19.1. The molecule has 0 atom stereocenters. The number of hydrogen-bond acceptors (Lipinski definition) is 5. The lowest BCUT2D eigenvalue weighted by Crippen LogP contribution is -2.03. The summed E-state index contributed by atoms with van der Waals surface area (Å²) in [4.78, 5) is 16.4. The van der Waals surface area contributed by atoms with Crippen molar-refractivity contribution in [2.24, 2.45) is 0 Å². The van der Waals surface area contributed by atoms with Gasteiger partial charge in [-0.15, -0.1) is 0 Å². The molecule has 0 aliphatic rings. The second-order valence-electron chi connectivity index (χ2n) is 6.29. The second kappa shape index (κ2) is 6.39. The Hall–Kier alpha value is -3.42. The van der Waals surface area contributed by atoms with Crippen LogP contribution in [0.25, 0.3) is 17.2 Å². The van der Waals surface area contributed by atoms with Crippen LogP contribution in [0.2, 0.25) is 0 Å². The predicted octanol–water partition coefficient (Wildman–Crippen LogP) is 3.38. The summed E-state index contributed by atoms with van der Waals surface area (Å²) in [5.41, 5.74) is 3.77. The molecule has 0 fully saturated rings. The molecule has 0 radical (unpaired) electrons. The highest BCUT2D eigenvalue weighted by Gasteiger charge is 2.14. The summed E-state index contributed by atoms with van der Waals surface area (Å²) in [5.74, 6) is -1.84. The third kappa shape index (κ3) is 3.10. The van der Waals surface area contributed by atoms with Crippen molar-refractivity contribution in [1.82, 2.24) is 24.3 Å². The first-order valence-corrected chi connectivity index (χ1v) is 8.22. The molecule has 3 aromatic heterocycles. The number of imidazole rings is 1. The summed E-state index contributed by atoms with van der Waals surface area (Å²) in [6.07, 6.45) is 6.22. The van der Waals surface area contributed by atoms with Gasteiger partial charge in [0.05, 0.1) is 11.9 Å². The molecule has 136 valence electrons. The highest BCUT2D eigenvalue weighted by atomic mass is 19.1.